The highest BCUT2D eigenvalue weighted by molar-refractivity contribution is 5.81. The third-order valence-electron chi connectivity index (χ3n) is 2.83. The molecule has 0 saturated carbocycles. The molecule has 0 saturated heterocycles. The molecule has 0 aromatic heterocycles. The standard InChI is InChI=1S/C14H23NO3/c1-5-12(16)10-7-6-8-11(9-10)15-13(17)18-14(2,3)4/h6,8,10-11H,5,7,9H2,1-4H3,(H,15,17)/t10-,11-/m1/s1. The van der Waals surface area contributed by atoms with Crippen LogP contribution in [0.25, 0.3) is 0 Å². The Balaban J connectivity index is 2.48. The predicted octanol–water partition coefficient (Wildman–Crippen LogP) is 2.83. The zero-order valence-electron chi connectivity index (χ0n) is 11.7. The van der Waals surface area contributed by atoms with Gasteiger partial charge in [-0.3, -0.25) is 4.79 Å². The molecule has 102 valence electrons. The van der Waals surface area contributed by atoms with Gasteiger partial charge in [0.25, 0.3) is 0 Å². The zero-order valence-corrected chi connectivity index (χ0v) is 11.7. The van der Waals surface area contributed by atoms with Crippen LogP contribution in [0.3, 0.4) is 0 Å². The van der Waals surface area contributed by atoms with E-state index in [0.29, 0.717) is 12.8 Å². The molecule has 0 fully saturated rings. The second-order valence-corrected chi connectivity index (χ2v) is 5.67. The minimum atomic E-state index is -0.499. The fraction of sp³-hybridized carbons (Fsp3) is 0.714. The van der Waals surface area contributed by atoms with Gasteiger partial charge >= 0.3 is 6.09 Å². The van der Waals surface area contributed by atoms with Crippen LogP contribution in [-0.4, -0.2) is 23.5 Å². The van der Waals surface area contributed by atoms with E-state index in [1.165, 1.54) is 0 Å². The SMILES string of the molecule is CCC(=O)[C@@H]1CC=C[C@@H](NC(=O)OC(C)(C)C)C1. The molecule has 1 aliphatic carbocycles. The van der Waals surface area contributed by atoms with Crippen molar-refractivity contribution in [2.75, 3.05) is 0 Å². The highest BCUT2D eigenvalue weighted by atomic mass is 16.6. The Labute approximate surface area is 109 Å². The van der Waals surface area contributed by atoms with E-state index in [1.807, 2.05) is 39.8 Å². The number of rotatable bonds is 3. The summed E-state index contributed by atoms with van der Waals surface area (Å²) in [6, 6.07) is -0.103. The van der Waals surface area contributed by atoms with Crippen LogP contribution in [-0.2, 0) is 9.53 Å². The molecule has 0 aromatic carbocycles. The van der Waals surface area contributed by atoms with E-state index in [0.717, 1.165) is 6.42 Å². The summed E-state index contributed by atoms with van der Waals surface area (Å²) in [5.74, 6) is 0.287. The molecular weight excluding hydrogens is 230 g/mol. The molecule has 0 radical (unpaired) electrons. The number of hydrogen-bond acceptors (Lipinski definition) is 3. The van der Waals surface area contributed by atoms with E-state index in [-0.39, 0.29) is 17.7 Å². The molecule has 0 heterocycles. The van der Waals surface area contributed by atoms with Gasteiger partial charge in [0.2, 0.25) is 0 Å². The van der Waals surface area contributed by atoms with Crippen molar-refractivity contribution >= 4 is 11.9 Å². The maximum atomic E-state index is 11.6. The quantitative estimate of drug-likeness (QED) is 0.787. The van der Waals surface area contributed by atoms with Gasteiger partial charge in [-0.1, -0.05) is 19.1 Å². The van der Waals surface area contributed by atoms with Gasteiger partial charge in [-0.15, -0.1) is 0 Å². The smallest absolute Gasteiger partial charge is 0.408 e. The van der Waals surface area contributed by atoms with Crippen LogP contribution in [0.5, 0.6) is 0 Å². The molecule has 4 nitrogen and oxygen atoms in total. The van der Waals surface area contributed by atoms with Gasteiger partial charge in [0.1, 0.15) is 11.4 Å². The largest absolute Gasteiger partial charge is 0.444 e. The molecule has 1 N–H and O–H groups in total. The van der Waals surface area contributed by atoms with Crippen molar-refractivity contribution in [2.45, 2.75) is 58.6 Å². The topological polar surface area (TPSA) is 55.4 Å². The predicted molar refractivity (Wildman–Crippen MR) is 70.3 cm³/mol. The van der Waals surface area contributed by atoms with Crippen molar-refractivity contribution in [1.29, 1.82) is 0 Å². The molecule has 1 amide bonds. The average Bonchev–Trinajstić information content (AvgIpc) is 2.25. The van der Waals surface area contributed by atoms with Crippen molar-refractivity contribution in [3.8, 4) is 0 Å². The summed E-state index contributed by atoms with van der Waals surface area (Å²) in [7, 11) is 0. The number of carbonyl (C=O) groups excluding carboxylic acids is 2. The van der Waals surface area contributed by atoms with Crippen molar-refractivity contribution < 1.29 is 14.3 Å². The summed E-state index contributed by atoms with van der Waals surface area (Å²) in [5, 5.41) is 2.78. The van der Waals surface area contributed by atoms with Gasteiger partial charge in [0.05, 0.1) is 6.04 Å². The third-order valence-corrected chi connectivity index (χ3v) is 2.83. The maximum Gasteiger partial charge on any atom is 0.408 e. The Morgan fingerprint density at radius 2 is 2.06 bits per heavy atom. The monoisotopic (exact) mass is 253 g/mol. The fourth-order valence-electron chi connectivity index (χ4n) is 2.01. The molecule has 4 heteroatoms. The van der Waals surface area contributed by atoms with Gasteiger partial charge in [-0.2, -0.15) is 0 Å². The number of allylic oxidation sites excluding steroid dienone is 1. The number of ether oxygens (including phenoxy) is 1. The lowest BCUT2D eigenvalue weighted by molar-refractivity contribution is -0.122. The van der Waals surface area contributed by atoms with Crippen LogP contribution in [0.15, 0.2) is 12.2 Å². The van der Waals surface area contributed by atoms with E-state index in [9.17, 15) is 9.59 Å². The minimum absolute atomic E-state index is 0.0277. The first-order valence-corrected chi connectivity index (χ1v) is 6.50. The van der Waals surface area contributed by atoms with Crippen molar-refractivity contribution in [1.82, 2.24) is 5.32 Å². The molecule has 2 atom stereocenters. The molecule has 0 spiro atoms. The van der Waals surface area contributed by atoms with Gasteiger partial charge in [-0.25, -0.2) is 4.79 Å². The first kappa shape index (κ1) is 14.7. The fourth-order valence-corrected chi connectivity index (χ4v) is 2.01. The molecule has 1 rings (SSSR count). The van der Waals surface area contributed by atoms with E-state index in [2.05, 4.69) is 5.32 Å². The Bertz CT molecular complexity index is 341. The normalized spacial score (nSPS) is 23.6. The van der Waals surface area contributed by atoms with Gasteiger partial charge < -0.3 is 10.1 Å². The second kappa shape index (κ2) is 6.03. The van der Waals surface area contributed by atoms with Crippen molar-refractivity contribution in [2.24, 2.45) is 5.92 Å². The minimum Gasteiger partial charge on any atom is -0.444 e. The maximum absolute atomic E-state index is 11.6. The van der Waals surface area contributed by atoms with E-state index in [4.69, 9.17) is 4.74 Å². The lowest BCUT2D eigenvalue weighted by atomic mass is 9.87. The summed E-state index contributed by atoms with van der Waals surface area (Å²) < 4.78 is 5.19. The van der Waals surface area contributed by atoms with Crippen LogP contribution >= 0.6 is 0 Å². The lowest BCUT2D eigenvalue weighted by Crippen LogP contribution is -2.40. The summed E-state index contributed by atoms with van der Waals surface area (Å²) >= 11 is 0. The third kappa shape index (κ3) is 4.90. The molecule has 18 heavy (non-hydrogen) atoms. The van der Waals surface area contributed by atoms with Gasteiger partial charge in [-0.05, 0) is 33.6 Å². The molecule has 0 bridgehead atoms. The van der Waals surface area contributed by atoms with Crippen LogP contribution in [0.2, 0.25) is 0 Å². The Kier molecular flexibility index (Phi) is 4.93. The van der Waals surface area contributed by atoms with E-state index in [1.54, 1.807) is 0 Å². The van der Waals surface area contributed by atoms with Gasteiger partial charge in [0.15, 0.2) is 0 Å². The molecule has 0 aliphatic heterocycles. The molecular formula is C14H23NO3. The van der Waals surface area contributed by atoms with E-state index < -0.39 is 11.7 Å². The van der Waals surface area contributed by atoms with Crippen molar-refractivity contribution in [3.05, 3.63) is 12.2 Å². The van der Waals surface area contributed by atoms with Crippen LogP contribution in [0.4, 0.5) is 4.79 Å². The average molecular weight is 253 g/mol. The number of amides is 1. The number of ketones is 1. The zero-order chi connectivity index (χ0) is 13.8. The highest BCUT2D eigenvalue weighted by Crippen LogP contribution is 2.21. The molecule has 0 aromatic rings. The number of carbonyl (C=O) groups is 2. The number of Topliss-reactive ketones (excluding diaryl/α,β-unsaturated/α-hetero) is 1. The summed E-state index contributed by atoms with van der Waals surface area (Å²) in [4.78, 5) is 23.3. The first-order chi connectivity index (χ1) is 8.31. The van der Waals surface area contributed by atoms with Gasteiger partial charge in [0, 0.05) is 12.3 Å². The van der Waals surface area contributed by atoms with E-state index >= 15 is 0 Å². The molecule has 1 aliphatic rings. The lowest BCUT2D eigenvalue weighted by Gasteiger charge is -2.26. The van der Waals surface area contributed by atoms with Crippen LogP contribution < -0.4 is 5.32 Å². The number of alkyl carbamates (subject to hydrolysis) is 1. The second-order valence-electron chi connectivity index (χ2n) is 5.67. The first-order valence-electron chi connectivity index (χ1n) is 6.50. The Morgan fingerprint density at radius 3 is 2.61 bits per heavy atom. The summed E-state index contributed by atoms with van der Waals surface area (Å²) in [6.45, 7) is 7.35. The Morgan fingerprint density at radius 1 is 1.39 bits per heavy atom. The Hall–Kier alpha value is -1.32. The summed E-state index contributed by atoms with van der Waals surface area (Å²) in [5.41, 5.74) is -0.499. The van der Waals surface area contributed by atoms with Crippen molar-refractivity contribution in [3.63, 3.8) is 0 Å². The highest BCUT2D eigenvalue weighted by Gasteiger charge is 2.25. The molecule has 0 unspecified atom stereocenters. The van der Waals surface area contributed by atoms with Crippen LogP contribution in [0.1, 0.15) is 47.0 Å². The summed E-state index contributed by atoms with van der Waals surface area (Å²) in [6.07, 6.45) is 5.47. The number of nitrogens with one attached hydrogen (secondary N) is 1. The number of hydrogen-bond donors (Lipinski definition) is 1. The van der Waals surface area contributed by atoms with Crippen LogP contribution in [0, 0.1) is 5.92 Å².